The van der Waals surface area contributed by atoms with Crippen LogP contribution in [-0.4, -0.2) is 63.7 Å². The van der Waals surface area contributed by atoms with Crippen LogP contribution >= 0.6 is 0 Å². The lowest BCUT2D eigenvalue weighted by atomic mass is 9.99. The van der Waals surface area contributed by atoms with E-state index in [1.807, 2.05) is 13.8 Å². The van der Waals surface area contributed by atoms with Crippen molar-refractivity contribution in [2.45, 2.75) is 57.4 Å². The summed E-state index contributed by atoms with van der Waals surface area (Å²) in [4.78, 5) is 12.0. The van der Waals surface area contributed by atoms with Crippen molar-refractivity contribution in [3.05, 3.63) is 24.3 Å². The number of ether oxygens (including phenoxy) is 3. The average molecular weight is 370 g/mol. The Kier molecular flexibility index (Phi) is 7.22. The fourth-order valence-electron chi connectivity index (χ4n) is 2.71. The molecule has 1 aromatic carbocycles. The average Bonchev–Trinajstić information content (AvgIpc) is 2.64. The highest BCUT2D eigenvalue weighted by Crippen LogP contribution is 2.26. The van der Waals surface area contributed by atoms with Gasteiger partial charge in [0.05, 0.1) is 5.92 Å². The maximum absolute atomic E-state index is 12.0. The molecule has 0 saturated carbocycles. The molecule has 0 aromatic heterocycles. The van der Waals surface area contributed by atoms with Crippen molar-refractivity contribution in [1.82, 2.24) is 0 Å². The van der Waals surface area contributed by atoms with Gasteiger partial charge in [0.2, 0.25) is 6.29 Å². The summed E-state index contributed by atoms with van der Waals surface area (Å²) >= 11 is 0. The monoisotopic (exact) mass is 370 g/mol. The van der Waals surface area contributed by atoms with Gasteiger partial charge < -0.3 is 34.6 Å². The number of hydrogen-bond acceptors (Lipinski definition) is 8. The highest BCUT2D eigenvalue weighted by atomic mass is 16.7. The molecule has 1 aliphatic rings. The van der Waals surface area contributed by atoms with Crippen molar-refractivity contribution in [3.63, 3.8) is 0 Å². The number of carbonyl (C=O) groups is 1. The molecule has 2 rings (SSSR count). The fourth-order valence-corrected chi connectivity index (χ4v) is 2.71. The summed E-state index contributed by atoms with van der Waals surface area (Å²) in [5, 5.41) is 39.5. The Labute approximate surface area is 151 Å². The third-order valence-corrected chi connectivity index (χ3v) is 4.47. The molecule has 1 aromatic rings. The van der Waals surface area contributed by atoms with E-state index in [0.29, 0.717) is 18.6 Å². The van der Waals surface area contributed by atoms with E-state index in [1.165, 1.54) is 24.3 Å². The molecule has 4 N–H and O–H groups in total. The third-order valence-electron chi connectivity index (χ3n) is 4.47. The topological polar surface area (TPSA) is 126 Å². The van der Waals surface area contributed by atoms with Crippen LogP contribution in [0.3, 0.4) is 0 Å². The van der Waals surface area contributed by atoms with Crippen LogP contribution < -0.4 is 4.74 Å². The van der Waals surface area contributed by atoms with Crippen LogP contribution in [0.1, 0.15) is 26.7 Å². The van der Waals surface area contributed by atoms with E-state index in [-0.39, 0.29) is 18.3 Å². The van der Waals surface area contributed by atoms with Gasteiger partial charge in [0, 0.05) is 0 Å². The van der Waals surface area contributed by atoms with Gasteiger partial charge >= 0.3 is 5.97 Å². The van der Waals surface area contributed by atoms with Crippen molar-refractivity contribution in [2.75, 3.05) is 6.61 Å². The summed E-state index contributed by atoms with van der Waals surface area (Å²) in [6.45, 7) is 3.49. The molecule has 8 heteroatoms. The van der Waals surface area contributed by atoms with Gasteiger partial charge in [0.25, 0.3) is 0 Å². The molecule has 0 radical (unpaired) electrons. The van der Waals surface area contributed by atoms with Gasteiger partial charge in [-0.1, -0.05) is 13.8 Å². The maximum Gasteiger partial charge on any atom is 0.309 e. The Balaban J connectivity index is 2.00. The molecule has 1 heterocycles. The lowest BCUT2D eigenvalue weighted by Gasteiger charge is -2.40. The van der Waals surface area contributed by atoms with E-state index < -0.39 is 36.7 Å². The molecule has 1 saturated heterocycles. The number of hydrogen-bond donors (Lipinski definition) is 4. The lowest BCUT2D eigenvalue weighted by molar-refractivity contribution is -0.278. The Morgan fingerprint density at radius 2 is 1.69 bits per heavy atom. The summed E-state index contributed by atoms with van der Waals surface area (Å²) < 4.78 is 16.2. The van der Waals surface area contributed by atoms with Crippen LogP contribution in [0, 0.1) is 5.92 Å². The first kappa shape index (κ1) is 20.4. The number of phenolic OH excluding ortho intramolecular Hbond substituents is 1. The van der Waals surface area contributed by atoms with Gasteiger partial charge in [-0.3, -0.25) is 4.79 Å². The van der Waals surface area contributed by atoms with Crippen molar-refractivity contribution < 1.29 is 39.4 Å². The van der Waals surface area contributed by atoms with E-state index in [1.54, 1.807) is 0 Å². The number of aliphatic hydroxyl groups is 3. The number of phenols is 1. The number of carbonyl (C=O) groups excluding carboxylic acids is 1. The molecule has 146 valence electrons. The molecule has 0 amide bonds. The Morgan fingerprint density at radius 3 is 2.27 bits per heavy atom. The van der Waals surface area contributed by atoms with E-state index in [0.717, 1.165) is 0 Å². The SMILES string of the molecule is CCC(CC)C(=O)OC[C@H]1O[C@@H](Oc2ccc(O)cc2)[C@H](O)[C@@H](O)[C@@H]1O. The lowest BCUT2D eigenvalue weighted by Crippen LogP contribution is -2.60. The van der Waals surface area contributed by atoms with Crippen molar-refractivity contribution in [3.8, 4) is 11.5 Å². The van der Waals surface area contributed by atoms with Crippen LogP contribution in [0.15, 0.2) is 24.3 Å². The van der Waals surface area contributed by atoms with E-state index in [2.05, 4.69) is 0 Å². The predicted octanol–water partition coefficient (Wildman–Crippen LogP) is 0.558. The van der Waals surface area contributed by atoms with Crippen LogP contribution in [0.5, 0.6) is 11.5 Å². The predicted molar refractivity (Wildman–Crippen MR) is 90.4 cm³/mol. The van der Waals surface area contributed by atoms with Crippen molar-refractivity contribution in [1.29, 1.82) is 0 Å². The second-order valence-electron chi connectivity index (χ2n) is 6.27. The summed E-state index contributed by atoms with van der Waals surface area (Å²) in [6.07, 6.45) is -5.50. The number of esters is 1. The van der Waals surface area contributed by atoms with Crippen LogP contribution in [0.4, 0.5) is 0 Å². The molecule has 0 aliphatic carbocycles. The van der Waals surface area contributed by atoms with E-state index >= 15 is 0 Å². The molecule has 5 atom stereocenters. The number of benzene rings is 1. The quantitative estimate of drug-likeness (QED) is 0.513. The van der Waals surface area contributed by atoms with Gasteiger partial charge in [-0.2, -0.15) is 0 Å². The fraction of sp³-hybridized carbons (Fsp3) is 0.611. The number of aromatic hydroxyl groups is 1. The smallest absolute Gasteiger partial charge is 0.309 e. The Bertz CT molecular complexity index is 571. The van der Waals surface area contributed by atoms with E-state index in [9.17, 15) is 25.2 Å². The molecule has 0 bridgehead atoms. The molecule has 8 nitrogen and oxygen atoms in total. The number of rotatable bonds is 7. The number of aliphatic hydroxyl groups excluding tert-OH is 3. The molecule has 0 unspecified atom stereocenters. The normalized spacial score (nSPS) is 28.8. The van der Waals surface area contributed by atoms with Crippen molar-refractivity contribution in [2.24, 2.45) is 5.92 Å². The van der Waals surface area contributed by atoms with Crippen LogP contribution in [0.25, 0.3) is 0 Å². The first-order chi connectivity index (χ1) is 12.4. The first-order valence-electron chi connectivity index (χ1n) is 8.69. The van der Waals surface area contributed by atoms with Crippen LogP contribution in [-0.2, 0) is 14.3 Å². The van der Waals surface area contributed by atoms with Crippen molar-refractivity contribution >= 4 is 5.97 Å². The molecular weight excluding hydrogens is 344 g/mol. The summed E-state index contributed by atoms with van der Waals surface area (Å²) in [7, 11) is 0. The molecule has 0 spiro atoms. The van der Waals surface area contributed by atoms with Gasteiger partial charge in [-0.05, 0) is 37.1 Å². The third kappa shape index (κ3) is 4.85. The minimum absolute atomic E-state index is 0.0455. The standard InChI is InChI=1S/C18H26O8/c1-3-10(4-2)17(23)24-9-13-14(20)15(21)16(22)18(26-13)25-12-7-5-11(19)6-8-12/h5-8,10,13-16,18-22H,3-4,9H2,1-2H3/t13-,14-,15+,16-,18-/m1/s1. The van der Waals surface area contributed by atoms with Gasteiger partial charge in [-0.25, -0.2) is 0 Å². The second kappa shape index (κ2) is 9.18. The zero-order chi connectivity index (χ0) is 19.3. The molecular formula is C18H26O8. The minimum atomic E-state index is -1.53. The van der Waals surface area contributed by atoms with Gasteiger partial charge in [-0.15, -0.1) is 0 Å². The largest absolute Gasteiger partial charge is 0.508 e. The summed E-state index contributed by atoms with van der Waals surface area (Å²) in [5.74, 6) is -0.301. The zero-order valence-corrected chi connectivity index (χ0v) is 14.8. The highest BCUT2D eigenvalue weighted by molar-refractivity contribution is 5.72. The summed E-state index contributed by atoms with van der Waals surface area (Å²) in [6, 6.07) is 5.71. The summed E-state index contributed by atoms with van der Waals surface area (Å²) in [5.41, 5.74) is 0. The minimum Gasteiger partial charge on any atom is -0.508 e. The zero-order valence-electron chi connectivity index (χ0n) is 14.8. The highest BCUT2D eigenvalue weighted by Gasteiger charge is 2.45. The molecule has 1 aliphatic heterocycles. The van der Waals surface area contributed by atoms with Crippen LogP contribution in [0.2, 0.25) is 0 Å². The Hall–Kier alpha value is -1.87. The first-order valence-corrected chi connectivity index (χ1v) is 8.69. The Morgan fingerprint density at radius 1 is 1.08 bits per heavy atom. The van der Waals surface area contributed by atoms with E-state index in [4.69, 9.17) is 14.2 Å². The molecule has 26 heavy (non-hydrogen) atoms. The molecule has 1 fully saturated rings. The van der Waals surface area contributed by atoms with Gasteiger partial charge in [0.15, 0.2) is 0 Å². The maximum atomic E-state index is 12.0. The van der Waals surface area contributed by atoms with Gasteiger partial charge in [0.1, 0.15) is 42.5 Å². The second-order valence-corrected chi connectivity index (χ2v) is 6.27.